The number of fused-ring (bicyclic) bond motifs is 2. The summed E-state index contributed by atoms with van der Waals surface area (Å²) in [4.78, 5) is 29.0. The van der Waals surface area contributed by atoms with Crippen molar-refractivity contribution in [3.05, 3.63) is 48.0 Å². The van der Waals surface area contributed by atoms with Gasteiger partial charge in [-0.2, -0.15) is 0 Å². The Morgan fingerprint density at radius 1 is 1.25 bits per heavy atom. The van der Waals surface area contributed by atoms with E-state index in [1.165, 1.54) is 29.5 Å². The molecule has 4 rings (SSSR count). The number of benzene rings is 2. The van der Waals surface area contributed by atoms with Crippen LogP contribution in [0.15, 0.2) is 47.4 Å². The molecule has 0 fully saturated rings. The number of thiazole rings is 1. The Hall–Kier alpha value is -2.98. The van der Waals surface area contributed by atoms with E-state index in [1.54, 1.807) is 18.2 Å². The molecular weight excluding hydrogens is 402 g/mol. The van der Waals surface area contributed by atoms with Crippen LogP contribution in [0.2, 0.25) is 0 Å². The minimum Gasteiger partial charge on any atom is -0.494 e. The van der Waals surface area contributed by atoms with Crippen LogP contribution in [-0.2, 0) is 14.8 Å². The summed E-state index contributed by atoms with van der Waals surface area (Å²) in [6.07, 6.45) is 0. The van der Waals surface area contributed by atoms with Gasteiger partial charge in [-0.25, -0.2) is 17.7 Å². The average Bonchev–Trinajstić information content (AvgIpc) is 3.14. The lowest BCUT2D eigenvalue weighted by Gasteiger charge is -2.13. The fourth-order valence-corrected chi connectivity index (χ4v) is 5.33. The van der Waals surface area contributed by atoms with Gasteiger partial charge in [0.1, 0.15) is 17.2 Å². The minimum absolute atomic E-state index is 0.0683. The molecule has 8 nitrogen and oxygen atoms in total. The summed E-state index contributed by atoms with van der Waals surface area (Å²) in [5.74, 6) is -0.659. The largest absolute Gasteiger partial charge is 0.494 e. The maximum absolute atomic E-state index is 12.5. The first-order valence-corrected chi connectivity index (χ1v) is 10.6. The van der Waals surface area contributed by atoms with Gasteiger partial charge in [-0.05, 0) is 37.3 Å². The van der Waals surface area contributed by atoms with Crippen LogP contribution >= 0.6 is 11.3 Å². The molecule has 1 N–H and O–H groups in total. The monoisotopic (exact) mass is 417 g/mol. The Labute approximate surface area is 164 Å². The third kappa shape index (κ3) is 3.10. The maximum Gasteiger partial charge on any atom is 0.269 e. The molecule has 2 heterocycles. The molecule has 0 atom stereocenters. The second-order valence-electron chi connectivity index (χ2n) is 5.94. The van der Waals surface area contributed by atoms with Crippen molar-refractivity contribution in [2.75, 3.05) is 18.5 Å². The molecule has 1 aliphatic rings. The number of sulfonamides is 1. The van der Waals surface area contributed by atoms with Gasteiger partial charge in [0.15, 0.2) is 5.13 Å². The predicted molar refractivity (Wildman–Crippen MR) is 104 cm³/mol. The Kier molecular flexibility index (Phi) is 4.52. The fraction of sp³-hybridized carbons (Fsp3) is 0.167. The van der Waals surface area contributed by atoms with Crippen molar-refractivity contribution >= 4 is 48.5 Å². The van der Waals surface area contributed by atoms with Crippen molar-refractivity contribution in [3.8, 4) is 5.75 Å². The molecule has 28 heavy (non-hydrogen) atoms. The summed E-state index contributed by atoms with van der Waals surface area (Å²) >= 11 is 1.24. The number of nitrogens with zero attached hydrogens (tertiary/aromatic N) is 2. The van der Waals surface area contributed by atoms with Crippen LogP contribution < -0.4 is 10.1 Å². The summed E-state index contributed by atoms with van der Waals surface area (Å²) in [6, 6.07) is 11.3. The van der Waals surface area contributed by atoms with Gasteiger partial charge in [0, 0.05) is 0 Å². The molecule has 0 radical (unpaired) electrons. The quantitative estimate of drug-likeness (QED) is 0.684. The highest BCUT2D eigenvalue weighted by Gasteiger charge is 2.41. The van der Waals surface area contributed by atoms with Crippen LogP contribution in [-0.4, -0.2) is 42.7 Å². The van der Waals surface area contributed by atoms with Gasteiger partial charge in [0.25, 0.3) is 15.9 Å². The van der Waals surface area contributed by atoms with Crippen LogP contribution in [0.25, 0.3) is 10.2 Å². The Morgan fingerprint density at radius 2 is 2.04 bits per heavy atom. The smallest absolute Gasteiger partial charge is 0.269 e. The lowest BCUT2D eigenvalue weighted by atomic mass is 10.2. The third-order valence-corrected chi connectivity index (χ3v) is 6.84. The topological polar surface area (TPSA) is 106 Å². The number of carbonyl (C=O) groups excluding carboxylic acids is 2. The number of rotatable bonds is 5. The van der Waals surface area contributed by atoms with Gasteiger partial charge in [0.2, 0.25) is 5.91 Å². The average molecular weight is 417 g/mol. The number of ether oxygens (including phenoxy) is 1. The summed E-state index contributed by atoms with van der Waals surface area (Å²) in [5, 5.41) is 2.88. The number of aromatic nitrogens is 1. The molecule has 3 aromatic rings. The van der Waals surface area contributed by atoms with E-state index < -0.39 is 28.4 Å². The molecule has 0 aliphatic carbocycles. The second-order valence-corrected chi connectivity index (χ2v) is 8.80. The molecule has 0 saturated carbocycles. The van der Waals surface area contributed by atoms with Crippen molar-refractivity contribution in [1.82, 2.24) is 9.29 Å². The first-order chi connectivity index (χ1) is 13.4. The summed E-state index contributed by atoms with van der Waals surface area (Å²) in [7, 11) is -4.03. The molecule has 1 aliphatic heterocycles. The molecule has 0 bridgehead atoms. The molecule has 144 valence electrons. The van der Waals surface area contributed by atoms with Crippen molar-refractivity contribution < 1.29 is 22.7 Å². The zero-order valence-electron chi connectivity index (χ0n) is 14.7. The number of amides is 2. The van der Waals surface area contributed by atoms with E-state index in [0.29, 0.717) is 27.3 Å². The van der Waals surface area contributed by atoms with E-state index in [1.807, 2.05) is 13.0 Å². The molecule has 0 spiro atoms. The van der Waals surface area contributed by atoms with Crippen molar-refractivity contribution in [2.45, 2.75) is 11.8 Å². The number of hydrogen-bond donors (Lipinski definition) is 1. The molecule has 1 aromatic heterocycles. The standard InChI is InChI=1S/C18H15N3O5S2/c1-2-26-11-7-8-13-14(9-11)27-18(19-13)20-16(22)10-21-17(23)12-5-3-4-6-15(12)28(21,24)25/h3-9H,2,10H2,1H3,(H,19,20,22). The highest BCUT2D eigenvalue weighted by Crippen LogP contribution is 2.31. The second kappa shape index (κ2) is 6.88. The highest BCUT2D eigenvalue weighted by molar-refractivity contribution is 7.90. The van der Waals surface area contributed by atoms with Crippen LogP contribution in [0.1, 0.15) is 17.3 Å². The van der Waals surface area contributed by atoms with E-state index >= 15 is 0 Å². The zero-order chi connectivity index (χ0) is 19.9. The van der Waals surface area contributed by atoms with E-state index in [0.717, 1.165) is 4.70 Å². The van der Waals surface area contributed by atoms with E-state index in [-0.39, 0.29) is 10.5 Å². The zero-order valence-corrected chi connectivity index (χ0v) is 16.3. The van der Waals surface area contributed by atoms with Crippen LogP contribution in [0.4, 0.5) is 5.13 Å². The number of hydrogen-bond acceptors (Lipinski definition) is 7. The fourth-order valence-electron chi connectivity index (χ4n) is 2.89. The van der Waals surface area contributed by atoms with Gasteiger partial charge in [-0.1, -0.05) is 23.5 Å². The molecule has 0 saturated heterocycles. The Bertz CT molecular complexity index is 1200. The normalized spacial score (nSPS) is 14.9. The minimum atomic E-state index is -4.03. The third-order valence-electron chi connectivity index (χ3n) is 4.12. The highest BCUT2D eigenvalue weighted by atomic mass is 32.2. The number of anilines is 1. The van der Waals surface area contributed by atoms with Crippen molar-refractivity contribution in [2.24, 2.45) is 0 Å². The van der Waals surface area contributed by atoms with Crippen LogP contribution in [0, 0.1) is 0 Å². The first-order valence-electron chi connectivity index (χ1n) is 8.39. The van der Waals surface area contributed by atoms with Crippen molar-refractivity contribution in [3.63, 3.8) is 0 Å². The summed E-state index contributed by atoms with van der Waals surface area (Å²) in [5.41, 5.74) is 0.750. The van der Waals surface area contributed by atoms with Crippen LogP contribution in [0.3, 0.4) is 0 Å². The SMILES string of the molecule is CCOc1ccc2nc(NC(=O)CN3C(=O)c4ccccc4S3(=O)=O)sc2c1. The first kappa shape index (κ1) is 18.4. The molecule has 0 unspecified atom stereocenters. The molecule has 10 heteroatoms. The number of carbonyl (C=O) groups is 2. The van der Waals surface area contributed by atoms with E-state index in [9.17, 15) is 18.0 Å². The Morgan fingerprint density at radius 3 is 2.79 bits per heavy atom. The van der Waals surface area contributed by atoms with Gasteiger partial charge >= 0.3 is 0 Å². The van der Waals surface area contributed by atoms with Crippen LogP contribution in [0.5, 0.6) is 5.75 Å². The van der Waals surface area contributed by atoms with E-state index in [2.05, 4.69) is 10.3 Å². The van der Waals surface area contributed by atoms with Gasteiger partial charge < -0.3 is 10.1 Å². The lowest BCUT2D eigenvalue weighted by Crippen LogP contribution is -2.37. The lowest BCUT2D eigenvalue weighted by molar-refractivity contribution is -0.116. The predicted octanol–water partition coefficient (Wildman–Crippen LogP) is 2.48. The van der Waals surface area contributed by atoms with Gasteiger partial charge in [0.05, 0.1) is 22.4 Å². The maximum atomic E-state index is 12.5. The summed E-state index contributed by atoms with van der Waals surface area (Å²) in [6.45, 7) is 1.80. The summed E-state index contributed by atoms with van der Waals surface area (Å²) < 4.78 is 31.9. The Balaban J connectivity index is 1.52. The van der Waals surface area contributed by atoms with Gasteiger partial charge in [-0.15, -0.1) is 0 Å². The molecule has 2 aromatic carbocycles. The van der Waals surface area contributed by atoms with Gasteiger partial charge in [-0.3, -0.25) is 9.59 Å². The number of nitrogens with one attached hydrogen (secondary N) is 1. The molecular formula is C18H15N3O5S2. The van der Waals surface area contributed by atoms with E-state index in [4.69, 9.17) is 4.74 Å². The molecule has 2 amide bonds. The van der Waals surface area contributed by atoms with Crippen molar-refractivity contribution in [1.29, 1.82) is 0 Å².